The fourth-order valence-electron chi connectivity index (χ4n) is 2.77. The van der Waals surface area contributed by atoms with E-state index in [9.17, 15) is 4.79 Å². The first-order valence-electron chi connectivity index (χ1n) is 8.06. The number of hydrogen-bond donors (Lipinski definition) is 2. The fraction of sp³-hybridized carbons (Fsp3) is 0.211. The van der Waals surface area contributed by atoms with E-state index in [-0.39, 0.29) is 11.7 Å². The van der Waals surface area contributed by atoms with E-state index in [2.05, 4.69) is 24.1 Å². The average molecular weight is 323 g/mol. The molecule has 0 fully saturated rings. The minimum Gasteiger partial charge on any atom is -0.451 e. The molecule has 5 nitrogen and oxygen atoms in total. The highest BCUT2D eigenvalue weighted by Crippen LogP contribution is 2.29. The third kappa shape index (κ3) is 3.06. The monoisotopic (exact) mass is 323 g/mol. The molecule has 3 N–H and O–H groups in total. The zero-order valence-electron chi connectivity index (χ0n) is 13.9. The van der Waals surface area contributed by atoms with Crippen LogP contribution in [-0.2, 0) is 0 Å². The lowest BCUT2D eigenvalue weighted by atomic mass is 10.2. The van der Waals surface area contributed by atoms with Crippen LogP contribution < -0.4 is 16.0 Å². The Kier molecular flexibility index (Phi) is 4.42. The van der Waals surface area contributed by atoms with Crippen molar-refractivity contribution < 1.29 is 9.21 Å². The van der Waals surface area contributed by atoms with E-state index in [4.69, 9.17) is 10.2 Å². The van der Waals surface area contributed by atoms with Gasteiger partial charge in [0.15, 0.2) is 5.76 Å². The van der Waals surface area contributed by atoms with E-state index < -0.39 is 0 Å². The van der Waals surface area contributed by atoms with Crippen molar-refractivity contribution in [2.75, 3.05) is 29.0 Å². The number of anilines is 3. The summed E-state index contributed by atoms with van der Waals surface area (Å²) in [6.07, 6.45) is 0. The van der Waals surface area contributed by atoms with E-state index in [0.717, 1.165) is 24.2 Å². The predicted octanol–water partition coefficient (Wildman–Crippen LogP) is 4.11. The van der Waals surface area contributed by atoms with Crippen molar-refractivity contribution in [3.05, 3.63) is 54.3 Å². The van der Waals surface area contributed by atoms with E-state index >= 15 is 0 Å². The first kappa shape index (κ1) is 15.9. The molecule has 0 atom stereocenters. The number of nitrogen functional groups attached to an aromatic ring is 1. The molecule has 3 rings (SSSR count). The second kappa shape index (κ2) is 6.66. The lowest BCUT2D eigenvalue weighted by molar-refractivity contribution is 0.0999. The summed E-state index contributed by atoms with van der Waals surface area (Å²) in [4.78, 5) is 14.7. The van der Waals surface area contributed by atoms with Crippen molar-refractivity contribution in [2.45, 2.75) is 13.8 Å². The summed E-state index contributed by atoms with van der Waals surface area (Å²) in [7, 11) is 0. The van der Waals surface area contributed by atoms with Crippen LogP contribution in [0.25, 0.3) is 11.0 Å². The Balaban J connectivity index is 1.92. The number of furan rings is 1. The van der Waals surface area contributed by atoms with Crippen LogP contribution in [0.15, 0.2) is 52.9 Å². The summed E-state index contributed by atoms with van der Waals surface area (Å²) in [5, 5.41) is 3.83. The maximum Gasteiger partial charge on any atom is 0.291 e. The predicted molar refractivity (Wildman–Crippen MR) is 98.6 cm³/mol. The van der Waals surface area contributed by atoms with Crippen LogP contribution in [0.2, 0.25) is 0 Å². The van der Waals surface area contributed by atoms with Crippen LogP contribution >= 0.6 is 0 Å². The molecule has 0 aliphatic carbocycles. The van der Waals surface area contributed by atoms with Gasteiger partial charge in [0.05, 0.1) is 11.4 Å². The highest BCUT2D eigenvalue weighted by atomic mass is 16.3. The number of rotatable bonds is 5. The number of nitrogens with zero attached hydrogens (tertiary/aromatic N) is 1. The van der Waals surface area contributed by atoms with Gasteiger partial charge in [-0.3, -0.25) is 4.79 Å². The number of benzene rings is 2. The zero-order valence-corrected chi connectivity index (χ0v) is 13.9. The summed E-state index contributed by atoms with van der Waals surface area (Å²) in [5.74, 6) is -0.00525. The first-order valence-corrected chi connectivity index (χ1v) is 8.06. The average Bonchev–Trinajstić information content (AvgIpc) is 3.02. The van der Waals surface area contributed by atoms with Crippen LogP contribution in [0.1, 0.15) is 24.4 Å². The molecule has 1 aromatic heterocycles. The molecular weight excluding hydrogens is 302 g/mol. The SMILES string of the molecule is CCN(CC)c1ccc(N)cc1NC(=O)c1cc2ccccc2o1. The Morgan fingerprint density at radius 2 is 1.88 bits per heavy atom. The van der Waals surface area contributed by atoms with Crippen LogP contribution in [0, 0.1) is 0 Å². The molecule has 0 spiro atoms. The maximum atomic E-state index is 12.6. The van der Waals surface area contributed by atoms with Gasteiger partial charge in [0.25, 0.3) is 5.91 Å². The lowest BCUT2D eigenvalue weighted by Gasteiger charge is -2.24. The second-order valence-electron chi connectivity index (χ2n) is 5.55. The van der Waals surface area contributed by atoms with Crippen molar-refractivity contribution in [1.29, 1.82) is 0 Å². The van der Waals surface area contributed by atoms with Gasteiger partial charge in [-0.05, 0) is 44.2 Å². The van der Waals surface area contributed by atoms with Crippen LogP contribution in [-0.4, -0.2) is 19.0 Å². The van der Waals surface area contributed by atoms with Crippen molar-refractivity contribution in [1.82, 2.24) is 0 Å². The Hall–Kier alpha value is -2.95. The Labute approximate surface area is 141 Å². The Morgan fingerprint density at radius 3 is 2.58 bits per heavy atom. The smallest absolute Gasteiger partial charge is 0.291 e. The van der Waals surface area contributed by atoms with Gasteiger partial charge in [-0.25, -0.2) is 0 Å². The zero-order chi connectivity index (χ0) is 17.1. The van der Waals surface area contributed by atoms with Gasteiger partial charge in [0.2, 0.25) is 0 Å². The van der Waals surface area contributed by atoms with Crippen LogP contribution in [0.4, 0.5) is 17.1 Å². The van der Waals surface area contributed by atoms with Crippen molar-refractivity contribution in [3.8, 4) is 0 Å². The van der Waals surface area contributed by atoms with Crippen LogP contribution in [0.3, 0.4) is 0 Å². The van der Waals surface area contributed by atoms with Gasteiger partial charge < -0.3 is 20.4 Å². The summed E-state index contributed by atoms with van der Waals surface area (Å²) < 4.78 is 5.63. The molecule has 0 unspecified atom stereocenters. The molecule has 0 saturated heterocycles. The number of carbonyl (C=O) groups excluding carboxylic acids is 1. The molecule has 0 radical (unpaired) electrons. The highest BCUT2D eigenvalue weighted by molar-refractivity contribution is 6.06. The molecule has 24 heavy (non-hydrogen) atoms. The number of nitrogens with one attached hydrogen (secondary N) is 1. The summed E-state index contributed by atoms with van der Waals surface area (Å²) in [5.41, 5.74) is 8.82. The number of para-hydroxylation sites is 1. The summed E-state index contributed by atoms with van der Waals surface area (Å²) in [6, 6.07) is 14.8. The summed E-state index contributed by atoms with van der Waals surface area (Å²) in [6.45, 7) is 5.83. The highest BCUT2D eigenvalue weighted by Gasteiger charge is 2.16. The van der Waals surface area contributed by atoms with Gasteiger partial charge in [-0.2, -0.15) is 0 Å². The quantitative estimate of drug-likeness (QED) is 0.693. The molecule has 0 bridgehead atoms. The minimum atomic E-state index is -0.287. The Morgan fingerprint density at radius 1 is 1.12 bits per heavy atom. The standard InChI is InChI=1S/C19H21N3O2/c1-3-22(4-2)16-10-9-14(20)12-15(16)21-19(23)18-11-13-7-5-6-8-17(13)24-18/h5-12H,3-4,20H2,1-2H3,(H,21,23). The molecule has 0 aliphatic rings. The van der Waals surface area contributed by atoms with Gasteiger partial charge in [-0.1, -0.05) is 18.2 Å². The number of hydrogen-bond acceptors (Lipinski definition) is 4. The van der Waals surface area contributed by atoms with Crippen molar-refractivity contribution >= 4 is 33.9 Å². The molecule has 5 heteroatoms. The van der Waals surface area contributed by atoms with Crippen molar-refractivity contribution in [2.24, 2.45) is 0 Å². The largest absolute Gasteiger partial charge is 0.451 e. The van der Waals surface area contributed by atoms with Crippen LogP contribution in [0.5, 0.6) is 0 Å². The molecule has 0 saturated carbocycles. The number of fused-ring (bicyclic) bond motifs is 1. The van der Waals surface area contributed by atoms with E-state index in [0.29, 0.717) is 17.0 Å². The van der Waals surface area contributed by atoms with E-state index in [1.807, 2.05) is 36.4 Å². The third-order valence-electron chi connectivity index (χ3n) is 4.02. The number of nitrogens with two attached hydrogens (primary N) is 1. The second-order valence-corrected chi connectivity index (χ2v) is 5.55. The Bertz CT molecular complexity index is 833. The summed E-state index contributed by atoms with van der Waals surface area (Å²) >= 11 is 0. The van der Waals surface area contributed by atoms with Gasteiger partial charge in [-0.15, -0.1) is 0 Å². The number of amides is 1. The topological polar surface area (TPSA) is 71.5 Å². The number of carbonyl (C=O) groups is 1. The van der Waals surface area contributed by atoms with Gasteiger partial charge in [0.1, 0.15) is 5.58 Å². The molecule has 1 amide bonds. The molecule has 124 valence electrons. The van der Waals surface area contributed by atoms with Crippen molar-refractivity contribution in [3.63, 3.8) is 0 Å². The van der Waals surface area contributed by atoms with Gasteiger partial charge >= 0.3 is 0 Å². The molecule has 0 aliphatic heterocycles. The normalized spacial score (nSPS) is 10.8. The van der Waals surface area contributed by atoms with Gasteiger partial charge in [0, 0.05) is 24.2 Å². The minimum absolute atomic E-state index is 0.282. The molecule has 1 heterocycles. The first-order chi connectivity index (χ1) is 11.6. The molecular formula is C19H21N3O2. The lowest BCUT2D eigenvalue weighted by Crippen LogP contribution is -2.24. The van der Waals surface area contributed by atoms with E-state index in [1.165, 1.54) is 0 Å². The third-order valence-corrected chi connectivity index (χ3v) is 4.02. The fourth-order valence-corrected chi connectivity index (χ4v) is 2.77. The molecule has 3 aromatic rings. The maximum absolute atomic E-state index is 12.6. The van der Waals surface area contributed by atoms with E-state index in [1.54, 1.807) is 12.1 Å². The molecule has 2 aromatic carbocycles.